The van der Waals surface area contributed by atoms with E-state index in [0.717, 1.165) is 5.69 Å². The number of carboxylic acids is 1. The number of aromatic carboxylic acids is 1. The van der Waals surface area contributed by atoms with Crippen LogP contribution in [0, 0.1) is 0 Å². The number of rotatable bonds is 3. The Morgan fingerprint density at radius 3 is 2.38 bits per heavy atom. The summed E-state index contributed by atoms with van der Waals surface area (Å²) in [5, 5.41) is 19.9. The maximum atomic E-state index is 11.3. The van der Waals surface area contributed by atoms with Gasteiger partial charge in [0.25, 0.3) is 0 Å². The Balaban J connectivity index is 2.39. The van der Waals surface area contributed by atoms with E-state index in [2.05, 4.69) is 52.8 Å². The fraction of sp³-hybridized carbons (Fsp3) is 0.0667. The van der Waals surface area contributed by atoms with E-state index in [4.69, 9.17) is 4.74 Å². The average Bonchev–Trinajstić information content (AvgIpc) is 2.83. The highest BCUT2D eigenvalue weighted by atomic mass is 79.9. The van der Waals surface area contributed by atoms with Crippen molar-refractivity contribution in [3.05, 3.63) is 43.6 Å². The van der Waals surface area contributed by atoms with Gasteiger partial charge in [0, 0.05) is 5.69 Å². The normalized spacial score (nSPS) is 11.0. The molecule has 0 aliphatic carbocycles. The predicted octanol–water partition coefficient (Wildman–Crippen LogP) is 4.73. The highest BCUT2D eigenvalue weighted by molar-refractivity contribution is 9.13. The number of methoxy groups -OCH3 is 1. The van der Waals surface area contributed by atoms with E-state index in [9.17, 15) is 15.0 Å². The number of ether oxygens (including phenoxy) is 1. The molecule has 0 aliphatic rings. The first-order valence-corrected chi connectivity index (χ1v) is 8.90. The molecule has 3 aromatic rings. The van der Waals surface area contributed by atoms with Crippen molar-refractivity contribution in [2.45, 2.75) is 0 Å². The summed E-state index contributed by atoms with van der Waals surface area (Å²) < 4.78 is 8.39. The monoisotopic (exact) mass is 518 g/mol. The summed E-state index contributed by atoms with van der Waals surface area (Å²) in [6.45, 7) is 0. The SMILES string of the molecule is COc1ccc(-n2c(Br)c(Br)c3c(O)c(C(=O)O)nc(Br)c32)cc1. The zero-order valence-electron chi connectivity index (χ0n) is 12.0. The summed E-state index contributed by atoms with van der Waals surface area (Å²) in [5.74, 6) is -1.01. The van der Waals surface area contributed by atoms with Crippen LogP contribution in [0.3, 0.4) is 0 Å². The van der Waals surface area contributed by atoms with Gasteiger partial charge in [-0.1, -0.05) is 0 Å². The van der Waals surface area contributed by atoms with Crippen molar-refractivity contribution >= 4 is 64.7 Å². The molecule has 0 fully saturated rings. The second-order valence-electron chi connectivity index (χ2n) is 4.77. The minimum atomic E-state index is -1.31. The number of halogens is 3. The van der Waals surface area contributed by atoms with Crippen LogP contribution < -0.4 is 4.74 Å². The molecule has 2 N–H and O–H groups in total. The van der Waals surface area contributed by atoms with Gasteiger partial charge in [0.2, 0.25) is 0 Å². The summed E-state index contributed by atoms with van der Waals surface area (Å²) in [7, 11) is 1.58. The smallest absolute Gasteiger partial charge is 0.358 e. The molecule has 9 heteroatoms. The Hall–Kier alpha value is -1.58. The Morgan fingerprint density at radius 1 is 1.21 bits per heavy atom. The second kappa shape index (κ2) is 6.38. The molecule has 6 nitrogen and oxygen atoms in total. The van der Waals surface area contributed by atoms with Crippen LogP contribution >= 0.6 is 47.8 Å². The van der Waals surface area contributed by atoms with Crippen LogP contribution in [0.15, 0.2) is 37.9 Å². The number of benzene rings is 1. The summed E-state index contributed by atoms with van der Waals surface area (Å²) in [5.41, 5.74) is 0.888. The van der Waals surface area contributed by atoms with Crippen molar-refractivity contribution in [1.29, 1.82) is 0 Å². The number of aromatic hydroxyl groups is 1. The Kier molecular flexibility index (Phi) is 4.58. The molecule has 24 heavy (non-hydrogen) atoms. The molecule has 0 saturated carbocycles. The molecule has 0 saturated heterocycles. The Labute approximate surface area is 161 Å². The molecule has 0 spiro atoms. The van der Waals surface area contributed by atoms with Crippen LogP contribution in [-0.2, 0) is 0 Å². The maximum absolute atomic E-state index is 11.3. The van der Waals surface area contributed by atoms with Gasteiger partial charge in [-0.25, -0.2) is 9.78 Å². The summed E-state index contributed by atoms with van der Waals surface area (Å²) in [6, 6.07) is 7.27. The number of hydrogen-bond acceptors (Lipinski definition) is 4. The Morgan fingerprint density at radius 2 is 1.83 bits per heavy atom. The lowest BCUT2D eigenvalue weighted by Crippen LogP contribution is -2.03. The zero-order chi connectivity index (χ0) is 17.6. The van der Waals surface area contributed by atoms with Crippen molar-refractivity contribution in [1.82, 2.24) is 9.55 Å². The third kappa shape index (κ3) is 2.60. The van der Waals surface area contributed by atoms with Crippen molar-refractivity contribution in [3.63, 3.8) is 0 Å². The topological polar surface area (TPSA) is 84.6 Å². The van der Waals surface area contributed by atoms with E-state index in [1.54, 1.807) is 23.8 Å². The van der Waals surface area contributed by atoms with Gasteiger partial charge in [-0.2, -0.15) is 0 Å². The second-order valence-corrected chi connectivity index (χ2v) is 7.06. The summed E-state index contributed by atoms with van der Waals surface area (Å²) >= 11 is 10.2. The number of aromatic nitrogens is 2. The van der Waals surface area contributed by atoms with E-state index < -0.39 is 17.4 Å². The van der Waals surface area contributed by atoms with E-state index in [0.29, 0.717) is 30.3 Å². The number of pyridine rings is 1. The van der Waals surface area contributed by atoms with Crippen molar-refractivity contribution < 1.29 is 19.7 Å². The predicted molar refractivity (Wildman–Crippen MR) is 99.3 cm³/mol. The molecular weight excluding hydrogens is 512 g/mol. The van der Waals surface area contributed by atoms with Gasteiger partial charge >= 0.3 is 5.97 Å². The molecule has 0 aliphatic heterocycles. The number of carboxylic acid groups (broad SMARTS) is 1. The van der Waals surface area contributed by atoms with Gasteiger partial charge < -0.3 is 19.5 Å². The molecule has 2 aromatic heterocycles. The van der Waals surface area contributed by atoms with Crippen molar-refractivity contribution in [3.8, 4) is 17.2 Å². The number of hydrogen-bond donors (Lipinski definition) is 2. The van der Waals surface area contributed by atoms with Gasteiger partial charge in [-0.05, 0) is 72.1 Å². The lowest BCUT2D eigenvalue weighted by Gasteiger charge is -2.10. The maximum Gasteiger partial charge on any atom is 0.358 e. The van der Waals surface area contributed by atoms with Gasteiger partial charge in [0.05, 0.1) is 22.5 Å². The lowest BCUT2D eigenvalue weighted by molar-refractivity contribution is 0.0687. The van der Waals surface area contributed by atoms with Crippen molar-refractivity contribution in [2.24, 2.45) is 0 Å². The first-order chi connectivity index (χ1) is 11.4. The van der Waals surface area contributed by atoms with Gasteiger partial charge in [0.1, 0.15) is 15.0 Å². The van der Waals surface area contributed by atoms with Gasteiger partial charge in [-0.3, -0.25) is 0 Å². The standard InChI is InChI=1S/C15H9Br3N2O4/c1-24-7-4-2-6(3-5-7)20-11-8(9(16)14(20)18)12(21)10(15(22)23)19-13(11)17/h2-5,21H,1H3,(H,22,23). The minimum Gasteiger partial charge on any atom is -0.505 e. The number of carbonyl (C=O) groups is 1. The molecule has 0 bridgehead atoms. The van der Waals surface area contributed by atoms with E-state index >= 15 is 0 Å². The molecule has 0 unspecified atom stereocenters. The van der Waals surface area contributed by atoms with E-state index in [1.165, 1.54) is 0 Å². The van der Waals surface area contributed by atoms with E-state index in [1.807, 2.05) is 12.1 Å². The molecule has 0 atom stereocenters. The largest absolute Gasteiger partial charge is 0.505 e. The first kappa shape index (κ1) is 17.2. The number of fused-ring (bicyclic) bond motifs is 1. The van der Waals surface area contributed by atoms with Crippen LogP contribution in [0.2, 0.25) is 0 Å². The Bertz CT molecular complexity index is 967. The highest BCUT2D eigenvalue weighted by Gasteiger charge is 2.26. The molecule has 2 heterocycles. The van der Waals surface area contributed by atoms with Gasteiger partial charge in [0.15, 0.2) is 11.4 Å². The minimum absolute atomic E-state index is 0.301. The van der Waals surface area contributed by atoms with Crippen molar-refractivity contribution in [2.75, 3.05) is 7.11 Å². The van der Waals surface area contributed by atoms with Crippen LogP contribution in [0.4, 0.5) is 0 Å². The zero-order valence-corrected chi connectivity index (χ0v) is 16.8. The highest BCUT2D eigenvalue weighted by Crippen LogP contribution is 2.44. The summed E-state index contributed by atoms with van der Waals surface area (Å²) in [4.78, 5) is 15.2. The summed E-state index contributed by atoms with van der Waals surface area (Å²) in [6.07, 6.45) is 0. The van der Waals surface area contributed by atoms with Crippen LogP contribution in [0.25, 0.3) is 16.6 Å². The molecule has 124 valence electrons. The quantitative estimate of drug-likeness (QED) is 0.488. The average molecular weight is 521 g/mol. The third-order valence-corrected chi connectivity index (χ3v) is 6.07. The fourth-order valence-electron chi connectivity index (χ4n) is 2.37. The van der Waals surface area contributed by atoms with Crippen LogP contribution in [-0.4, -0.2) is 32.8 Å². The molecular formula is C15H9Br3N2O4. The van der Waals surface area contributed by atoms with Crippen LogP contribution in [0.5, 0.6) is 11.5 Å². The molecule has 1 aromatic carbocycles. The van der Waals surface area contributed by atoms with Gasteiger partial charge in [-0.15, -0.1) is 0 Å². The first-order valence-electron chi connectivity index (χ1n) is 6.52. The lowest BCUT2D eigenvalue weighted by atomic mass is 10.2. The molecule has 0 radical (unpaired) electrons. The third-order valence-electron chi connectivity index (χ3n) is 3.46. The van der Waals surface area contributed by atoms with Crippen LogP contribution in [0.1, 0.15) is 10.5 Å². The molecule has 3 rings (SSSR count). The number of nitrogens with zero attached hydrogens (tertiary/aromatic N) is 2. The van der Waals surface area contributed by atoms with E-state index in [-0.39, 0.29) is 0 Å². The molecule has 0 amide bonds. The fourth-order valence-corrected chi connectivity index (χ4v) is 4.06.